The van der Waals surface area contributed by atoms with E-state index in [9.17, 15) is 4.79 Å². The summed E-state index contributed by atoms with van der Waals surface area (Å²) in [5.41, 5.74) is 5.77. The molecule has 1 N–H and O–H groups in total. The zero-order valence-electron chi connectivity index (χ0n) is 15.1. The topological polar surface area (TPSA) is 45.2 Å². The third-order valence-electron chi connectivity index (χ3n) is 4.86. The summed E-state index contributed by atoms with van der Waals surface area (Å²) in [7, 11) is 0. The molecule has 27 heavy (non-hydrogen) atoms. The molecule has 1 aromatic heterocycles. The highest BCUT2D eigenvalue weighted by Gasteiger charge is 2.22. The summed E-state index contributed by atoms with van der Waals surface area (Å²) >= 11 is 6.19. The summed E-state index contributed by atoms with van der Waals surface area (Å²) in [6.07, 6.45) is 4.21. The molecular weight excluding hydrogens is 358 g/mol. The van der Waals surface area contributed by atoms with Crippen LogP contribution in [-0.4, -0.2) is 22.3 Å². The third kappa shape index (κ3) is 3.81. The maximum absolute atomic E-state index is 12.9. The van der Waals surface area contributed by atoms with Gasteiger partial charge in [0.15, 0.2) is 0 Å². The SMILES string of the molecule is Cc1ccc(Nc2cncc(C(=O)N3CCc4ccccc4C3)c2)cc1Cl. The van der Waals surface area contributed by atoms with Crippen LogP contribution in [0.15, 0.2) is 60.9 Å². The van der Waals surface area contributed by atoms with Gasteiger partial charge in [0.2, 0.25) is 0 Å². The number of nitrogens with one attached hydrogen (secondary N) is 1. The number of amides is 1. The Balaban J connectivity index is 1.52. The van der Waals surface area contributed by atoms with Crippen molar-refractivity contribution in [3.8, 4) is 0 Å². The van der Waals surface area contributed by atoms with Crippen molar-refractivity contribution in [3.63, 3.8) is 0 Å². The van der Waals surface area contributed by atoms with Crippen molar-refractivity contribution >= 4 is 28.9 Å². The van der Waals surface area contributed by atoms with E-state index in [1.165, 1.54) is 11.1 Å². The number of benzene rings is 2. The van der Waals surface area contributed by atoms with Crippen molar-refractivity contribution in [2.45, 2.75) is 19.9 Å². The Hall–Kier alpha value is -2.85. The number of rotatable bonds is 3. The minimum atomic E-state index is 0.00240. The van der Waals surface area contributed by atoms with Crippen molar-refractivity contribution in [2.24, 2.45) is 0 Å². The molecule has 0 bridgehead atoms. The van der Waals surface area contributed by atoms with Gasteiger partial charge in [-0.2, -0.15) is 0 Å². The van der Waals surface area contributed by atoms with Gasteiger partial charge in [-0.15, -0.1) is 0 Å². The lowest BCUT2D eigenvalue weighted by Crippen LogP contribution is -2.36. The van der Waals surface area contributed by atoms with Gasteiger partial charge in [0.05, 0.1) is 17.4 Å². The summed E-state index contributed by atoms with van der Waals surface area (Å²) < 4.78 is 0. The van der Waals surface area contributed by atoms with Crippen LogP contribution >= 0.6 is 11.6 Å². The fourth-order valence-electron chi connectivity index (χ4n) is 3.31. The minimum absolute atomic E-state index is 0.00240. The van der Waals surface area contributed by atoms with Gasteiger partial charge in [0, 0.05) is 30.0 Å². The van der Waals surface area contributed by atoms with Crippen molar-refractivity contribution in [1.29, 1.82) is 0 Å². The predicted molar refractivity (Wildman–Crippen MR) is 109 cm³/mol. The highest BCUT2D eigenvalue weighted by atomic mass is 35.5. The molecule has 0 aliphatic carbocycles. The number of aryl methyl sites for hydroxylation is 1. The monoisotopic (exact) mass is 377 g/mol. The zero-order valence-corrected chi connectivity index (χ0v) is 15.8. The summed E-state index contributed by atoms with van der Waals surface area (Å²) in [5.74, 6) is 0.00240. The molecule has 1 amide bonds. The summed E-state index contributed by atoms with van der Waals surface area (Å²) in [6, 6.07) is 15.9. The molecule has 4 nitrogen and oxygen atoms in total. The molecule has 2 aromatic carbocycles. The van der Waals surface area contributed by atoms with Gasteiger partial charge in [0.1, 0.15) is 0 Å². The first-order valence-corrected chi connectivity index (χ1v) is 9.32. The van der Waals surface area contributed by atoms with E-state index in [4.69, 9.17) is 11.6 Å². The molecule has 0 spiro atoms. The molecule has 0 fully saturated rings. The summed E-state index contributed by atoms with van der Waals surface area (Å²) in [6.45, 7) is 3.32. The van der Waals surface area contributed by atoms with Gasteiger partial charge in [-0.3, -0.25) is 9.78 Å². The van der Waals surface area contributed by atoms with Crippen molar-refractivity contribution in [2.75, 3.05) is 11.9 Å². The van der Waals surface area contributed by atoms with Gasteiger partial charge >= 0.3 is 0 Å². The van der Waals surface area contributed by atoms with Gasteiger partial charge < -0.3 is 10.2 Å². The standard InChI is InChI=1S/C22H20ClN3O/c1-15-6-7-19(11-21(15)23)25-20-10-18(12-24-13-20)22(27)26-9-8-16-4-2-3-5-17(16)14-26/h2-7,10-13,25H,8-9,14H2,1H3. The van der Waals surface area contributed by atoms with Gasteiger partial charge in [-0.05, 0) is 48.2 Å². The van der Waals surface area contributed by atoms with Crippen molar-refractivity contribution < 1.29 is 4.79 Å². The number of hydrogen-bond acceptors (Lipinski definition) is 3. The van der Waals surface area contributed by atoms with Crippen LogP contribution in [0.1, 0.15) is 27.0 Å². The second-order valence-electron chi connectivity index (χ2n) is 6.80. The highest BCUT2D eigenvalue weighted by Crippen LogP contribution is 2.24. The summed E-state index contributed by atoms with van der Waals surface area (Å²) in [4.78, 5) is 19.1. The zero-order chi connectivity index (χ0) is 18.8. The molecule has 2 heterocycles. The predicted octanol–water partition coefficient (Wildman–Crippen LogP) is 4.99. The molecule has 5 heteroatoms. The maximum Gasteiger partial charge on any atom is 0.255 e. The minimum Gasteiger partial charge on any atom is -0.354 e. The number of fused-ring (bicyclic) bond motifs is 1. The van der Waals surface area contributed by atoms with Crippen LogP contribution in [0.5, 0.6) is 0 Å². The van der Waals surface area contributed by atoms with E-state index in [1.807, 2.05) is 48.2 Å². The van der Waals surface area contributed by atoms with E-state index >= 15 is 0 Å². The number of hydrogen-bond donors (Lipinski definition) is 1. The number of aromatic nitrogens is 1. The van der Waals surface area contributed by atoms with Crippen molar-refractivity contribution in [3.05, 3.63) is 88.2 Å². The van der Waals surface area contributed by atoms with Crippen LogP contribution in [0.4, 0.5) is 11.4 Å². The first-order chi connectivity index (χ1) is 13.1. The van der Waals surface area contributed by atoms with Crippen LogP contribution in [0.3, 0.4) is 0 Å². The average molecular weight is 378 g/mol. The number of pyridine rings is 1. The van der Waals surface area contributed by atoms with Crippen LogP contribution < -0.4 is 5.32 Å². The van der Waals surface area contributed by atoms with Crippen LogP contribution in [0.25, 0.3) is 0 Å². The van der Waals surface area contributed by atoms with Gasteiger partial charge in [-0.25, -0.2) is 0 Å². The lowest BCUT2D eigenvalue weighted by molar-refractivity contribution is 0.0734. The Kier molecular flexibility index (Phi) is 4.82. The quantitative estimate of drug-likeness (QED) is 0.699. The number of anilines is 2. The maximum atomic E-state index is 12.9. The highest BCUT2D eigenvalue weighted by molar-refractivity contribution is 6.31. The number of carbonyl (C=O) groups excluding carboxylic acids is 1. The van der Waals surface area contributed by atoms with Crippen LogP contribution in [0.2, 0.25) is 5.02 Å². The van der Waals surface area contributed by atoms with E-state index in [0.29, 0.717) is 17.1 Å². The molecule has 3 aromatic rings. The Morgan fingerprint density at radius 1 is 1.07 bits per heavy atom. The molecule has 0 saturated carbocycles. The molecule has 0 radical (unpaired) electrons. The summed E-state index contributed by atoms with van der Waals surface area (Å²) in [5, 5.41) is 3.97. The van der Waals surface area contributed by atoms with E-state index in [-0.39, 0.29) is 5.91 Å². The van der Waals surface area contributed by atoms with E-state index in [0.717, 1.165) is 29.9 Å². The first kappa shape index (κ1) is 17.6. The Morgan fingerprint density at radius 3 is 2.70 bits per heavy atom. The number of halogens is 1. The largest absolute Gasteiger partial charge is 0.354 e. The molecule has 0 unspecified atom stereocenters. The Morgan fingerprint density at radius 2 is 1.89 bits per heavy atom. The molecule has 0 saturated heterocycles. The molecule has 136 valence electrons. The Labute approximate surface area is 163 Å². The normalized spacial score (nSPS) is 13.2. The van der Waals surface area contributed by atoms with Gasteiger partial charge in [0.25, 0.3) is 5.91 Å². The fraction of sp³-hybridized carbons (Fsp3) is 0.182. The lowest BCUT2D eigenvalue weighted by atomic mass is 9.99. The third-order valence-corrected chi connectivity index (χ3v) is 5.27. The van der Waals surface area contributed by atoms with Crippen LogP contribution in [-0.2, 0) is 13.0 Å². The van der Waals surface area contributed by atoms with Gasteiger partial charge in [-0.1, -0.05) is 41.9 Å². The second kappa shape index (κ2) is 7.41. The fourth-order valence-corrected chi connectivity index (χ4v) is 3.49. The lowest BCUT2D eigenvalue weighted by Gasteiger charge is -2.29. The number of carbonyl (C=O) groups is 1. The van der Waals surface area contributed by atoms with Crippen molar-refractivity contribution in [1.82, 2.24) is 9.88 Å². The van der Waals surface area contributed by atoms with E-state index in [1.54, 1.807) is 12.4 Å². The molecular formula is C22H20ClN3O. The first-order valence-electron chi connectivity index (χ1n) is 8.94. The molecule has 1 aliphatic rings. The van der Waals surface area contributed by atoms with Crippen LogP contribution in [0, 0.1) is 6.92 Å². The van der Waals surface area contributed by atoms with E-state index in [2.05, 4.69) is 22.4 Å². The number of nitrogens with zero attached hydrogens (tertiary/aromatic N) is 2. The second-order valence-corrected chi connectivity index (χ2v) is 7.20. The Bertz CT molecular complexity index is 1000. The van der Waals surface area contributed by atoms with E-state index < -0.39 is 0 Å². The average Bonchev–Trinajstić information content (AvgIpc) is 2.70. The molecule has 4 rings (SSSR count). The molecule has 0 atom stereocenters. The smallest absolute Gasteiger partial charge is 0.255 e. The molecule has 1 aliphatic heterocycles.